The van der Waals surface area contributed by atoms with E-state index in [9.17, 15) is 13.2 Å². The van der Waals surface area contributed by atoms with Crippen molar-refractivity contribution in [2.24, 2.45) is 5.84 Å². The van der Waals surface area contributed by atoms with E-state index in [-0.39, 0.29) is 10.2 Å². The molecule has 1 aromatic rings. The van der Waals surface area contributed by atoms with Crippen molar-refractivity contribution >= 4 is 29.0 Å². The first-order valence-corrected chi connectivity index (χ1v) is 4.01. The van der Waals surface area contributed by atoms with Gasteiger partial charge in [-0.2, -0.15) is 13.2 Å². The fourth-order valence-electron chi connectivity index (χ4n) is 0.793. The molecule has 0 saturated carbocycles. The first-order chi connectivity index (χ1) is 6.36. The summed E-state index contributed by atoms with van der Waals surface area (Å²) in [5.74, 6) is 4.29. The number of nitrogens with one attached hydrogen (secondary N) is 1. The lowest BCUT2D eigenvalue weighted by Crippen LogP contribution is -2.16. The molecule has 0 radical (unpaired) electrons. The predicted molar refractivity (Wildman–Crippen MR) is 47.1 cm³/mol. The summed E-state index contributed by atoms with van der Waals surface area (Å²) in [4.78, 5) is 3.33. The average Bonchev–Trinajstić information content (AvgIpc) is 2.07. The second kappa shape index (κ2) is 3.80. The van der Waals surface area contributed by atoms with Gasteiger partial charge in [-0.25, -0.2) is 10.8 Å². The summed E-state index contributed by atoms with van der Waals surface area (Å²) in [5, 5.41) is -0.523. The fraction of sp³-hybridized carbons (Fsp3) is 0.167. The highest BCUT2D eigenvalue weighted by Crippen LogP contribution is 2.36. The van der Waals surface area contributed by atoms with Crippen LogP contribution in [-0.4, -0.2) is 4.98 Å². The number of hydrogen-bond donors (Lipinski definition) is 2. The molecule has 0 aliphatic rings. The van der Waals surface area contributed by atoms with E-state index < -0.39 is 17.6 Å². The van der Waals surface area contributed by atoms with Crippen molar-refractivity contribution in [1.82, 2.24) is 4.98 Å². The van der Waals surface area contributed by atoms with Crippen LogP contribution in [0.4, 0.5) is 19.0 Å². The van der Waals surface area contributed by atoms with Gasteiger partial charge in [-0.1, -0.05) is 23.2 Å². The SMILES string of the molecule is NNc1nc(Cl)c(Cl)cc1C(F)(F)F. The van der Waals surface area contributed by atoms with Crippen LogP contribution in [0.25, 0.3) is 0 Å². The monoisotopic (exact) mass is 245 g/mol. The van der Waals surface area contributed by atoms with E-state index in [0.29, 0.717) is 6.07 Å². The third kappa shape index (κ3) is 2.20. The van der Waals surface area contributed by atoms with E-state index in [2.05, 4.69) is 4.98 Å². The van der Waals surface area contributed by atoms with Gasteiger partial charge in [0.05, 0.1) is 5.02 Å². The number of aromatic nitrogens is 1. The van der Waals surface area contributed by atoms with Crippen LogP contribution in [0.15, 0.2) is 6.07 Å². The van der Waals surface area contributed by atoms with Gasteiger partial charge in [0.2, 0.25) is 0 Å². The van der Waals surface area contributed by atoms with Gasteiger partial charge in [-0.3, -0.25) is 0 Å². The third-order valence-corrected chi connectivity index (χ3v) is 2.05. The molecule has 1 aromatic heterocycles. The molecule has 0 aliphatic carbocycles. The minimum absolute atomic E-state index is 0.243. The Balaban J connectivity index is 3.35. The lowest BCUT2D eigenvalue weighted by atomic mass is 10.2. The molecule has 0 spiro atoms. The lowest BCUT2D eigenvalue weighted by Gasteiger charge is -2.11. The molecule has 0 fully saturated rings. The molecule has 0 saturated heterocycles. The molecule has 0 bridgehead atoms. The molecule has 0 atom stereocenters. The first kappa shape index (κ1) is 11.4. The Morgan fingerprint density at radius 1 is 1.36 bits per heavy atom. The molecule has 0 aromatic carbocycles. The van der Waals surface area contributed by atoms with Crippen LogP contribution in [-0.2, 0) is 6.18 Å². The van der Waals surface area contributed by atoms with Gasteiger partial charge in [0.1, 0.15) is 10.7 Å². The number of nitrogens with zero attached hydrogens (tertiary/aromatic N) is 1. The summed E-state index contributed by atoms with van der Waals surface area (Å²) in [6.07, 6.45) is -4.58. The highest BCUT2D eigenvalue weighted by molar-refractivity contribution is 6.41. The second-order valence-corrected chi connectivity index (χ2v) is 3.06. The van der Waals surface area contributed by atoms with Crippen molar-refractivity contribution in [1.29, 1.82) is 0 Å². The second-order valence-electron chi connectivity index (χ2n) is 2.30. The van der Waals surface area contributed by atoms with Crippen molar-refractivity contribution in [2.45, 2.75) is 6.18 Å². The number of halogens is 5. The van der Waals surface area contributed by atoms with Crippen molar-refractivity contribution in [3.8, 4) is 0 Å². The molecule has 3 nitrogen and oxygen atoms in total. The van der Waals surface area contributed by atoms with Crippen LogP contribution in [0.3, 0.4) is 0 Å². The van der Waals surface area contributed by atoms with Gasteiger partial charge in [0.15, 0.2) is 5.82 Å². The van der Waals surface area contributed by atoms with Gasteiger partial charge >= 0.3 is 6.18 Å². The number of hydrazine groups is 1. The number of rotatable bonds is 1. The molecule has 1 rings (SSSR count). The van der Waals surface area contributed by atoms with Crippen molar-refractivity contribution < 1.29 is 13.2 Å². The first-order valence-electron chi connectivity index (χ1n) is 3.26. The average molecular weight is 246 g/mol. The van der Waals surface area contributed by atoms with E-state index in [0.717, 1.165) is 0 Å². The van der Waals surface area contributed by atoms with Gasteiger partial charge in [-0.05, 0) is 6.07 Å². The number of nitrogen functional groups attached to an aromatic ring is 1. The third-order valence-electron chi connectivity index (χ3n) is 1.38. The zero-order valence-electron chi connectivity index (χ0n) is 6.49. The minimum atomic E-state index is -4.58. The van der Waals surface area contributed by atoms with Crippen LogP contribution in [0, 0.1) is 0 Å². The van der Waals surface area contributed by atoms with Crippen LogP contribution in [0.5, 0.6) is 0 Å². The topological polar surface area (TPSA) is 50.9 Å². The summed E-state index contributed by atoms with van der Waals surface area (Å²) < 4.78 is 36.9. The number of alkyl halides is 3. The largest absolute Gasteiger partial charge is 0.420 e. The number of hydrogen-bond acceptors (Lipinski definition) is 3. The molecule has 14 heavy (non-hydrogen) atoms. The van der Waals surface area contributed by atoms with E-state index in [1.165, 1.54) is 0 Å². The summed E-state index contributed by atoms with van der Waals surface area (Å²) in [6, 6.07) is 0.659. The molecule has 3 N–H and O–H groups in total. The minimum Gasteiger partial charge on any atom is -0.308 e. The zero-order chi connectivity index (χ0) is 10.9. The number of anilines is 1. The van der Waals surface area contributed by atoms with Gasteiger partial charge in [-0.15, -0.1) is 0 Å². The van der Waals surface area contributed by atoms with E-state index in [4.69, 9.17) is 29.0 Å². The maximum absolute atomic E-state index is 12.3. The molecule has 8 heteroatoms. The van der Waals surface area contributed by atoms with Gasteiger partial charge < -0.3 is 5.43 Å². The lowest BCUT2D eigenvalue weighted by molar-refractivity contribution is -0.137. The Morgan fingerprint density at radius 3 is 2.36 bits per heavy atom. The van der Waals surface area contributed by atoms with Gasteiger partial charge in [0.25, 0.3) is 0 Å². The maximum atomic E-state index is 12.3. The van der Waals surface area contributed by atoms with E-state index in [1.807, 2.05) is 0 Å². The van der Waals surface area contributed by atoms with E-state index >= 15 is 0 Å². The standard InChI is InChI=1S/C6H4Cl2F3N3/c7-3-1-2(6(9,10)11)5(14-12)13-4(3)8/h1H,12H2,(H,13,14). The Kier molecular flexibility index (Phi) is 3.08. The molecule has 0 amide bonds. The molecular weight excluding hydrogens is 242 g/mol. The summed E-state index contributed by atoms with van der Waals surface area (Å²) in [6.45, 7) is 0. The Morgan fingerprint density at radius 2 is 1.93 bits per heavy atom. The smallest absolute Gasteiger partial charge is 0.308 e. The van der Waals surface area contributed by atoms with Crippen molar-refractivity contribution in [3.05, 3.63) is 21.8 Å². The molecule has 0 aliphatic heterocycles. The molecule has 1 heterocycles. The molecule has 78 valence electrons. The summed E-state index contributed by atoms with van der Waals surface area (Å²) in [7, 11) is 0. The highest BCUT2D eigenvalue weighted by atomic mass is 35.5. The van der Waals surface area contributed by atoms with Crippen molar-refractivity contribution in [2.75, 3.05) is 5.43 Å². The molecule has 0 unspecified atom stereocenters. The van der Waals surface area contributed by atoms with Crippen LogP contribution in [0.1, 0.15) is 5.56 Å². The zero-order valence-corrected chi connectivity index (χ0v) is 8.00. The number of nitrogens with two attached hydrogens (primary N) is 1. The highest BCUT2D eigenvalue weighted by Gasteiger charge is 2.35. The normalized spacial score (nSPS) is 11.6. The van der Waals surface area contributed by atoms with Crippen LogP contribution < -0.4 is 11.3 Å². The maximum Gasteiger partial charge on any atom is 0.420 e. The predicted octanol–water partition coefficient (Wildman–Crippen LogP) is 2.69. The molecular formula is C6H4Cl2F3N3. The van der Waals surface area contributed by atoms with Crippen LogP contribution in [0.2, 0.25) is 10.2 Å². The van der Waals surface area contributed by atoms with Crippen LogP contribution >= 0.6 is 23.2 Å². The Bertz CT molecular complexity index is 353. The Hall–Kier alpha value is -0.720. The van der Waals surface area contributed by atoms with Gasteiger partial charge in [0, 0.05) is 0 Å². The quantitative estimate of drug-likeness (QED) is 0.455. The Labute approximate surface area is 87.0 Å². The van der Waals surface area contributed by atoms with Crippen molar-refractivity contribution in [3.63, 3.8) is 0 Å². The summed E-state index contributed by atoms with van der Waals surface area (Å²) >= 11 is 10.8. The fourth-order valence-corrected chi connectivity index (χ4v) is 1.08. The van der Waals surface area contributed by atoms with E-state index in [1.54, 1.807) is 5.43 Å². The summed E-state index contributed by atoms with van der Waals surface area (Å²) in [5.41, 5.74) is 0.735. The number of pyridine rings is 1.